The summed E-state index contributed by atoms with van der Waals surface area (Å²) >= 11 is 6.67. The van der Waals surface area contributed by atoms with Gasteiger partial charge >= 0.3 is 57.4 Å². The average molecular weight is 348 g/mol. The normalized spacial score (nSPS) is 9.76. The SMILES string of the molecule is O=C(Cc1cccc(Cl)c1)Sc1ncccc1C(=O)O.[H-].[K+]. The zero-order valence-corrected chi connectivity index (χ0v) is 15.9. The number of benzene rings is 1. The van der Waals surface area contributed by atoms with Crippen molar-refractivity contribution in [1.29, 1.82) is 0 Å². The number of carbonyl (C=O) groups excluding carboxylic acids is 1. The van der Waals surface area contributed by atoms with E-state index in [0.717, 1.165) is 17.3 Å². The molecular formula is C14H11ClKNO3S. The molecule has 2 aromatic rings. The Hall–Kier alpha value is -0.214. The van der Waals surface area contributed by atoms with E-state index >= 15 is 0 Å². The zero-order chi connectivity index (χ0) is 14.5. The summed E-state index contributed by atoms with van der Waals surface area (Å²) in [6, 6.07) is 9.93. The monoisotopic (exact) mass is 347 g/mol. The van der Waals surface area contributed by atoms with Gasteiger partial charge < -0.3 is 6.53 Å². The van der Waals surface area contributed by atoms with Gasteiger partial charge in [0.25, 0.3) is 0 Å². The van der Waals surface area contributed by atoms with Crippen LogP contribution in [0.2, 0.25) is 5.02 Å². The molecule has 1 aromatic carbocycles. The van der Waals surface area contributed by atoms with Gasteiger partial charge in [-0.1, -0.05) is 23.7 Å². The summed E-state index contributed by atoms with van der Waals surface area (Å²) in [5.41, 5.74) is 0.805. The summed E-state index contributed by atoms with van der Waals surface area (Å²) in [7, 11) is 0. The van der Waals surface area contributed by atoms with Gasteiger partial charge in [-0.2, -0.15) is 0 Å². The Kier molecular flexibility index (Phi) is 8.11. The quantitative estimate of drug-likeness (QED) is 0.641. The fourth-order valence-corrected chi connectivity index (χ4v) is 2.64. The Morgan fingerprint density at radius 2 is 2.05 bits per heavy atom. The van der Waals surface area contributed by atoms with E-state index in [2.05, 4.69) is 4.98 Å². The number of carboxylic acid groups (broad SMARTS) is 1. The van der Waals surface area contributed by atoms with Crippen LogP contribution in [0.4, 0.5) is 0 Å². The van der Waals surface area contributed by atoms with Gasteiger partial charge in [-0.15, -0.1) is 0 Å². The van der Waals surface area contributed by atoms with Crippen molar-refractivity contribution in [2.45, 2.75) is 11.4 Å². The smallest absolute Gasteiger partial charge is 1.00 e. The third-order valence-electron chi connectivity index (χ3n) is 2.45. The minimum atomic E-state index is -1.10. The van der Waals surface area contributed by atoms with Crippen LogP contribution in [0.5, 0.6) is 0 Å². The van der Waals surface area contributed by atoms with Crippen LogP contribution in [-0.4, -0.2) is 21.2 Å². The number of thioether (sulfide) groups is 1. The van der Waals surface area contributed by atoms with E-state index < -0.39 is 5.97 Å². The maximum Gasteiger partial charge on any atom is 1.00 e. The van der Waals surface area contributed by atoms with Gasteiger partial charge in [-0.25, -0.2) is 9.78 Å². The minimum absolute atomic E-state index is 0. The molecule has 0 saturated carbocycles. The molecule has 0 bridgehead atoms. The fraction of sp³-hybridized carbons (Fsp3) is 0.0714. The average Bonchev–Trinajstić information content (AvgIpc) is 2.38. The molecule has 104 valence electrons. The molecule has 7 heteroatoms. The van der Waals surface area contributed by atoms with E-state index in [1.807, 2.05) is 0 Å². The standard InChI is InChI=1S/C14H10ClNO3S.K.H/c15-10-4-1-3-9(7-10)8-12(17)20-13-11(14(18)19)5-2-6-16-13;;/h1-7H,8H2,(H,18,19);;/q;+1;-1. The summed E-state index contributed by atoms with van der Waals surface area (Å²) in [4.78, 5) is 26.9. The van der Waals surface area contributed by atoms with Crippen LogP contribution in [-0.2, 0) is 11.2 Å². The van der Waals surface area contributed by atoms with Crippen LogP contribution in [0.15, 0.2) is 47.6 Å². The van der Waals surface area contributed by atoms with Crippen LogP contribution in [0, 0.1) is 0 Å². The van der Waals surface area contributed by atoms with Gasteiger partial charge in [0.15, 0.2) is 5.12 Å². The van der Waals surface area contributed by atoms with Crippen LogP contribution in [0.3, 0.4) is 0 Å². The second-order valence-electron chi connectivity index (χ2n) is 3.94. The molecule has 0 unspecified atom stereocenters. The molecule has 0 aliphatic heterocycles. The Balaban J connectivity index is 0.00000220. The molecule has 0 fully saturated rings. The molecule has 2 rings (SSSR count). The molecule has 0 atom stereocenters. The van der Waals surface area contributed by atoms with E-state index in [4.69, 9.17) is 16.7 Å². The maximum atomic E-state index is 12.0. The number of hydrogen-bond donors (Lipinski definition) is 1. The molecule has 0 spiro atoms. The van der Waals surface area contributed by atoms with Crippen LogP contribution in [0.25, 0.3) is 0 Å². The van der Waals surface area contributed by atoms with Crippen LogP contribution < -0.4 is 51.4 Å². The first kappa shape index (κ1) is 18.8. The molecule has 0 aliphatic rings. The van der Waals surface area contributed by atoms with Gasteiger partial charge in [0.2, 0.25) is 0 Å². The first-order valence-corrected chi connectivity index (χ1v) is 6.89. The predicted octanol–water partition coefficient (Wildman–Crippen LogP) is 0.411. The van der Waals surface area contributed by atoms with E-state index in [1.54, 1.807) is 24.3 Å². The van der Waals surface area contributed by atoms with Gasteiger partial charge in [0, 0.05) is 17.6 Å². The molecule has 0 aliphatic carbocycles. The summed E-state index contributed by atoms with van der Waals surface area (Å²) < 4.78 is 0. The van der Waals surface area contributed by atoms with Crippen molar-refractivity contribution < 1.29 is 67.5 Å². The Bertz CT molecular complexity index is 672. The first-order chi connectivity index (χ1) is 9.56. The zero-order valence-electron chi connectivity index (χ0n) is 12.2. The number of aromatic nitrogens is 1. The summed E-state index contributed by atoms with van der Waals surface area (Å²) in [6.45, 7) is 0. The summed E-state index contributed by atoms with van der Waals surface area (Å²) in [6.07, 6.45) is 1.63. The van der Waals surface area contributed by atoms with E-state index in [9.17, 15) is 9.59 Å². The number of aromatic carboxylic acids is 1. The van der Waals surface area contributed by atoms with E-state index in [-0.39, 0.29) is 74.9 Å². The van der Waals surface area contributed by atoms with Gasteiger partial charge in [-0.3, -0.25) is 4.79 Å². The third kappa shape index (κ3) is 5.82. The Morgan fingerprint density at radius 3 is 2.71 bits per heavy atom. The molecule has 21 heavy (non-hydrogen) atoms. The van der Waals surface area contributed by atoms with Crippen molar-refractivity contribution in [1.82, 2.24) is 4.98 Å². The topological polar surface area (TPSA) is 67.3 Å². The molecule has 1 aromatic heterocycles. The number of carboxylic acids is 1. The number of halogens is 1. The van der Waals surface area contributed by atoms with Crippen LogP contribution in [0.1, 0.15) is 17.3 Å². The third-order valence-corrected chi connectivity index (χ3v) is 3.58. The van der Waals surface area contributed by atoms with E-state index in [0.29, 0.717) is 5.02 Å². The van der Waals surface area contributed by atoms with Crippen molar-refractivity contribution >= 4 is 34.4 Å². The molecular weight excluding hydrogens is 337 g/mol. The molecule has 1 heterocycles. The number of pyridine rings is 1. The first-order valence-electron chi connectivity index (χ1n) is 5.69. The summed E-state index contributed by atoms with van der Waals surface area (Å²) in [5.74, 6) is -1.10. The number of rotatable bonds is 4. The van der Waals surface area contributed by atoms with Crippen molar-refractivity contribution in [3.8, 4) is 0 Å². The second kappa shape index (κ2) is 9.04. The van der Waals surface area contributed by atoms with E-state index in [1.165, 1.54) is 18.3 Å². The fourth-order valence-electron chi connectivity index (χ4n) is 1.59. The Labute approximate surface area is 175 Å². The molecule has 0 amide bonds. The van der Waals surface area contributed by atoms with Crippen molar-refractivity contribution in [3.63, 3.8) is 0 Å². The Morgan fingerprint density at radius 1 is 1.29 bits per heavy atom. The molecule has 1 N–H and O–H groups in total. The molecule has 0 saturated heterocycles. The maximum absolute atomic E-state index is 12.0. The molecule has 0 radical (unpaired) electrons. The molecule has 4 nitrogen and oxygen atoms in total. The predicted molar refractivity (Wildman–Crippen MR) is 78.3 cm³/mol. The van der Waals surface area contributed by atoms with Crippen LogP contribution >= 0.6 is 23.4 Å². The second-order valence-corrected chi connectivity index (χ2v) is 5.42. The number of nitrogens with zero attached hydrogens (tertiary/aromatic N) is 1. The minimum Gasteiger partial charge on any atom is -1.00 e. The summed E-state index contributed by atoms with van der Waals surface area (Å²) in [5, 5.41) is 9.60. The van der Waals surface area contributed by atoms with Gasteiger partial charge in [0.05, 0.1) is 5.56 Å². The van der Waals surface area contributed by atoms with Gasteiger partial charge in [0.1, 0.15) is 5.03 Å². The largest absolute Gasteiger partial charge is 1.00 e. The van der Waals surface area contributed by atoms with Crippen molar-refractivity contribution in [2.75, 3.05) is 0 Å². The van der Waals surface area contributed by atoms with Gasteiger partial charge in [-0.05, 0) is 41.6 Å². The van der Waals surface area contributed by atoms with Crippen molar-refractivity contribution in [2.24, 2.45) is 0 Å². The number of hydrogen-bond acceptors (Lipinski definition) is 4. The van der Waals surface area contributed by atoms with Crippen molar-refractivity contribution in [3.05, 3.63) is 58.7 Å². The number of carbonyl (C=O) groups is 2.